The summed E-state index contributed by atoms with van der Waals surface area (Å²) in [6.07, 6.45) is 0.500. The number of halogens is 1. The van der Waals surface area contributed by atoms with Crippen LogP contribution in [0.4, 0.5) is 0 Å². The molecule has 0 unspecified atom stereocenters. The van der Waals surface area contributed by atoms with E-state index in [0.29, 0.717) is 12.3 Å². The van der Waals surface area contributed by atoms with Crippen LogP contribution in [0.3, 0.4) is 0 Å². The van der Waals surface area contributed by atoms with E-state index in [1.807, 2.05) is 24.3 Å². The maximum Gasteiger partial charge on any atom is 0.377 e. The van der Waals surface area contributed by atoms with Crippen LogP contribution in [-0.4, -0.2) is 10.1 Å². The first kappa shape index (κ1) is 9.21. The minimum absolute atomic E-state index is 0.391. The molecule has 0 saturated carbocycles. The minimum Gasteiger partial charge on any atom is -0.362 e. The first-order valence-electron chi connectivity index (χ1n) is 4.03. The van der Waals surface area contributed by atoms with Gasteiger partial charge in [-0.3, -0.25) is 0 Å². The number of hydrogen-bond donors (Lipinski definition) is 1. The number of aromatic amines is 1. The number of hydrogen-bond acceptors (Lipinski definition) is 3. The number of H-pyrrole nitrogens is 1. The second-order valence-electron chi connectivity index (χ2n) is 2.78. The molecule has 1 heterocycles. The fourth-order valence-corrected chi connectivity index (χ4v) is 1.57. The van der Waals surface area contributed by atoms with E-state index in [4.69, 9.17) is 4.52 Å². The molecule has 1 aromatic carbocycles. The highest BCUT2D eigenvalue weighted by Gasteiger charge is 2.05. The molecule has 0 aliphatic heterocycles. The molecule has 0 spiro atoms. The molecular formula is C9H7BrN2O2. The van der Waals surface area contributed by atoms with Gasteiger partial charge in [0, 0.05) is 4.47 Å². The normalized spacial score (nSPS) is 10.4. The van der Waals surface area contributed by atoms with Crippen LogP contribution in [0.1, 0.15) is 11.5 Å². The fraction of sp³-hybridized carbons (Fsp3) is 0.111. The van der Waals surface area contributed by atoms with Crippen molar-refractivity contribution in [3.8, 4) is 0 Å². The van der Waals surface area contributed by atoms with E-state index in [2.05, 4.69) is 26.1 Å². The summed E-state index contributed by atoms with van der Waals surface area (Å²) in [5, 5.41) is 2.15. The number of benzene rings is 1. The van der Waals surface area contributed by atoms with Crippen LogP contribution in [0, 0.1) is 0 Å². The number of nitrogens with one attached hydrogen (secondary N) is 1. The van der Waals surface area contributed by atoms with Gasteiger partial charge in [-0.25, -0.2) is 4.79 Å². The zero-order valence-electron chi connectivity index (χ0n) is 7.16. The highest BCUT2D eigenvalue weighted by atomic mass is 79.9. The summed E-state index contributed by atoms with van der Waals surface area (Å²) < 4.78 is 5.83. The lowest BCUT2D eigenvalue weighted by Gasteiger charge is -1.98. The lowest BCUT2D eigenvalue weighted by Crippen LogP contribution is -2.01. The third kappa shape index (κ3) is 1.93. The van der Waals surface area contributed by atoms with Gasteiger partial charge in [0.2, 0.25) is 5.89 Å². The van der Waals surface area contributed by atoms with Crippen molar-refractivity contribution in [2.75, 3.05) is 0 Å². The average Bonchev–Trinajstić information content (AvgIpc) is 2.56. The molecule has 5 heteroatoms. The van der Waals surface area contributed by atoms with E-state index in [0.717, 1.165) is 10.0 Å². The highest BCUT2D eigenvalue weighted by Crippen LogP contribution is 2.17. The van der Waals surface area contributed by atoms with Crippen molar-refractivity contribution in [3.63, 3.8) is 0 Å². The van der Waals surface area contributed by atoms with Gasteiger partial charge in [-0.2, -0.15) is 10.1 Å². The van der Waals surface area contributed by atoms with Gasteiger partial charge < -0.3 is 4.52 Å². The van der Waals surface area contributed by atoms with Gasteiger partial charge in [-0.1, -0.05) is 34.1 Å². The molecule has 14 heavy (non-hydrogen) atoms. The van der Waals surface area contributed by atoms with Gasteiger partial charge in [0.1, 0.15) is 0 Å². The Morgan fingerprint density at radius 2 is 2.21 bits per heavy atom. The standard InChI is InChI=1S/C9H7BrN2O2/c10-7-4-2-1-3-6(7)5-8-11-9(13)12-14-8/h1-4H,5H2,(H,12,13). The molecule has 0 atom stereocenters. The number of nitrogens with zero attached hydrogens (tertiary/aromatic N) is 1. The van der Waals surface area contributed by atoms with Crippen LogP contribution >= 0.6 is 15.9 Å². The molecule has 0 aliphatic rings. The monoisotopic (exact) mass is 254 g/mol. The smallest absolute Gasteiger partial charge is 0.362 e. The molecule has 0 saturated heterocycles. The molecule has 72 valence electrons. The average molecular weight is 255 g/mol. The topological polar surface area (TPSA) is 58.9 Å². The first-order valence-corrected chi connectivity index (χ1v) is 4.83. The molecule has 2 aromatic rings. The van der Waals surface area contributed by atoms with Crippen LogP contribution in [0.15, 0.2) is 38.1 Å². The predicted octanol–water partition coefficient (Wildman–Crippen LogP) is 1.72. The summed E-state index contributed by atoms with van der Waals surface area (Å²) in [6, 6.07) is 7.72. The van der Waals surface area contributed by atoms with Crippen molar-refractivity contribution in [1.29, 1.82) is 0 Å². The second kappa shape index (κ2) is 3.79. The molecule has 0 radical (unpaired) electrons. The van der Waals surface area contributed by atoms with Crippen molar-refractivity contribution in [3.05, 3.63) is 50.7 Å². The van der Waals surface area contributed by atoms with E-state index < -0.39 is 5.69 Å². The molecule has 1 aromatic heterocycles. The lowest BCUT2D eigenvalue weighted by molar-refractivity contribution is 0.380. The van der Waals surface area contributed by atoms with E-state index in [9.17, 15) is 4.79 Å². The zero-order valence-corrected chi connectivity index (χ0v) is 8.74. The Balaban J connectivity index is 2.27. The third-order valence-corrected chi connectivity index (χ3v) is 2.56. The van der Waals surface area contributed by atoms with Crippen LogP contribution in [0.2, 0.25) is 0 Å². The maximum absolute atomic E-state index is 10.7. The summed E-state index contributed by atoms with van der Waals surface area (Å²) in [6.45, 7) is 0. The largest absolute Gasteiger partial charge is 0.377 e. The molecule has 1 N–H and O–H groups in total. The number of rotatable bonds is 2. The summed E-state index contributed by atoms with van der Waals surface area (Å²) >= 11 is 3.40. The predicted molar refractivity (Wildman–Crippen MR) is 54.1 cm³/mol. The van der Waals surface area contributed by atoms with Gasteiger partial charge >= 0.3 is 5.69 Å². The highest BCUT2D eigenvalue weighted by molar-refractivity contribution is 9.10. The quantitative estimate of drug-likeness (QED) is 0.888. The van der Waals surface area contributed by atoms with Gasteiger partial charge in [0.15, 0.2) is 0 Å². The SMILES string of the molecule is O=c1nc(Cc2ccccc2Br)o[nH]1. The first-order chi connectivity index (χ1) is 6.75. The molecular weight excluding hydrogens is 248 g/mol. The molecule has 4 nitrogen and oxygen atoms in total. The van der Waals surface area contributed by atoms with E-state index in [-0.39, 0.29) is 0 Å². The Morgan fingerprint density at radius 3 is 2.86 bits per heavy atom. The van der Waals surface area contributed by atoms with Crippen molar-refractivity contribution in [2.45, 2.75) is 6.42 Å². The third-order valence-electron chi connectivity index (χ3n) is 1.78. The molecule has 0 bridgehead atoms. The number of aromatic nitrogens is 2. The molecule has 0 fully saturated rings. The molecule has 0 amide bonds. The Hall–Kier alpha value is -1.36. The maximum atomic E-state index is 10.7. The van der Waals surface area contributed by atoms with E-state index in [1.165, 1.54) is 0 Å². The van der Waals surface area contributed by atoms with Crippen molar-refractivity contribution < 1.29 is 4.52 Å². The Kier molecular flexibility index (Phi) is 2.49. The van der Waals surface area contributed by atoms with Gasteiger partial charge in [-0.15, -0.1) is 0 Å². The van der Waals surface area contributed by atoms with Crippen LogP contribution in [-0.2, 0) is 6.42 Å². The Labute approximate surface area is 88.1 Å². The summed E-state index contributed by atoms with van der Waals surface area (Å²) in [7, 11) is 0. The van der Waals surface area contributed by atoms with Crippen LogP contribution in [0.5, 0.6) is 0 Å². The molecule has 2 rings (SSSR count). The summed E-state index contributed by atoms with van der Waals surface area (Å²) in [5.41, 5.74) is 0.579. The summed E-state index contributed by atoms with van der Waals surface area (Å²) in [4.78, 5) is 14.3. The van der Waals surface area contributed by atoms with Gasteiger partial charge in [-0.05, 0) is 11.6 Å². The van der Waals surface area contributed by atoms with Crippen molar-refractivity contribution in [2.24, 2.45) is 0 Å². The zero-order chi connectivity index (χ0) is 9.97. The van der Waals surface area contributed by atoms with Crippen molar-refractivity contribution >= 4 is 15.9 Å². The summed E-state index contributed by atoms with van der Waals surface area (Å²) in [5.74, 6) is 0.391. The lowest BCUT2D eigenvalue weighted by atomic mass is 10.1. The Morgan fingerprint density at radius 1 is 1.43 bits per heavy atom. The van der Waals surface area contributed by atoms with Crippen LogP contribution < -0.4 is 5.69 Å². The Bertz CT molecular complexity index is 489. The van der Waals surface area contributed by atoms with Gasteiger partial charge in [0.05, 0.1) is 6.42 Å². The van der Waals surface area contributed by atoms with Gasteiger partial charge in [0.25, 0.3) is 0 Å². The fourth-order valence-electron chi connectivity index (χ4n) is 1.14. The van der Waals surface area contributed by atoms with Crippen LogP contribution in [0.25, 0.3) is 0 Å². The van der Waals surface area contributed by atoms with E-state index >= 15 is 0 Å². The minimum atomic E-state index is -0.452. The van der Waals surface area contributed by atoms with Crippen molar-refractivity contribution in [1.82, 2.24) is 10.1 Å². The molecule has 0 aliphatic carbocycles. The second-order valence-corrected chi connectivity index (χ2v) is 3.64. The van der Waals surface area contributed by atoms with E-state index in [1.54, 1.807) is 0 Å².